The fourth-order valence-corrected chi connectivity index (χ4v) is 2.55. The number of carbonyl (C=O) groups excluding carboxylic acids is 2. The summed E-state index contributed by atoms with van der Waals surface area (Å²) in [5, 5.41) is 13.7. The Morgan fingerprint density at radius 2 is 1.89 bits per heavy atom. The Kier molecular flexibility index (Phi) is 5.72. The molecule has 1 aromatic carbocycles. The maximum absolute atomic E-state index is 12.7. The first-order chi connectivity index (χ1) is 13.6. The van der Waals surface area contributed by atoms with Gasteiger partial charge in [-0.1, -0.05) is 30.3 Å². The lowest BCUT2D eigenvalue weighted by Gasteiger charge is -2.01. The molecule has 3 aromatic rings. The van der Waals surface area contributed by atoms with E-state index in [-0.39, 0.29) is 18.1 Å². The number of pyridine rings is 1. The molecule has 0 saturated carbocycles. The van der Waals surface area contributed by atoms with Crippen LogP contribution in [0.4, 0.5) is 0 Å². The minimum atomic E-state index is -0.725. The van der Waals surface area contributed by atoms with Crippen LogP contribution in [0.25, 0.3) is 17.3 Å². The molecule has 0 radical (unpaired) electrons. The second-order valence-corrected chi connectivity index (χ2v) is 5.67. The SMILES string of the molecule is CCOC(=O)/C(C#N)=C/c1cn(C(=O)c2ccncc2)nc1-c1ccccc1. The molecule has 0 saturated heterocycles. The number of hydrogen-bond acceptors (Lipinski definition) is 6. The number of nitrogens with zero attached hydrogens (tertiary/aromatic N) is 4. The van der Waals surface area contributed by atoms with Crippen LogP contribution in [0.1, 0.15) is 22.8 Å². The van der Waals surface area contributed by atoms with Gasteiger partial charge in [0.1, 0.15) is 17.3 Å². The van der Waals surface area contributed by atoms with E-state index in [4.69, 9.17) is 4.74 Å². The molecule has 0 unspecified atom stereocenters. The molecule has 0 atom stereocenters. The van der Waals surface area contributed by atoms with Crippen molar-refractivity contribution < 1.29 is 14.3 Å². The molecule has 0 fully saturated rings. The van der Waals surface area contributed by atoms with Gasteiger partial charge in [-0.15, -0.1) is 0 Å². The molecule has 2 heterocycles. The first kappa shape index (κ1) is 18.7. The van der Waals surface area contributed by atoms with Crippen molar-refractivity contribution in [1.29, 1.82) is 5.26 Å². The molecule has 0 bridgehead atoms. The van der Waals surface area contributed by atoms with Gasteiger partial charge in [0.05, 0.1) is 6.61 Å². The molecule has 0 amide bonds. The quantitative estimate of drug-likeness (QED) is 0.388. The summed E-state index contributed by atoms with van der Waals surface area (Å²) in [7, 11) is 0. The lowest BCUT2D eigenvalue weighted by molar-refractivity contribution is -0.137. The summed E-state index contributed by atoms with van der Waals surface area (Å²) in [6, 6.07) is 14.2. The van der Waals surface area contributed by atoms with Gasteiger partial charge in [0.25, 0.3) is 5.91 Å². The van der Waals surface area contributed by atoms with Crippen molar-refractivity contribution in [3.63, 3.8) is 0 Å². The lowest BCUT2D eigenvalue weighted by atomic mass is 10.1. The van der Waals surface area contributed by atoms with Crippen molar-refractivity contribution in [2.45, 2.75) is 6.92 Å². The van der Waals surface area contributed by atoms with Crippen LogP contribution in [0.15, 0.2) is 66.6 Å². The third-order valence-electron chi connectivity index (χ3n) is 3.84. The highest BCUT2D eigenvalue weighted by atomic mass is 16.5. The zero-order valence-corrected chi connectivity index (χ0v) is 15.1. The first-order valence-corrected chi connectivity index (χ1v) is 8.52. The van der Waals surface area contributed by atoms with Gasteiger partial charge in [-0.05, 0) is 25.1 Å². The largest absolute Gasteiger partial charge is 0.462 e. The van der Waals surface area contributed by atoms with Crippen molar-refractivity contribution in [2.24, 2.45) is 0 Å². The van der Waals surface area contributed by atoms with Gasteiger partial charge in [-0.3, -0.25) is 9.78 Å². The first-order valence-electron chi connectivity index (χ1n) is 8.52. The van der Waals surface area contributed by atoms with Gasteiger partial charge in [-0.25, -0.2) is 9.48 Å². The molecular formula is C21H16N4O3. The van der Waals surface area contributed by atoms with Crippen LogP contribution in [-0.2, 0) is 9.53 Å². The molecule has 0 aliphatic rings. The van der Waals surface area contributed by atoms with Gasteiger partial charge in [0.15, 0.2) is 0 Å². The summed E-state index contributed by atoms with van der Waals surface area (Å²) in [6.07, 6.45) is 5.90. The molecule has 0 N–H and O–H groups in total. The molecule has 3 rings (SSSR count). The second-order valence-electron chi connectivity index (χ2n) is 5.67. The van der Waals surface area contributed by atoms with Crippen LogP contribution in [0, 0.1) is 11.3 Å². The minimum absolute atomic E-state index is 0.156. The number of ether oxygens (including phenoxy) is 1. The number of rotatable bonds is 5. The summed E-state index contributed by atoms with van der Waals surface area (Å²) < 4.78 is 6.09. The maximum Gasteiger partial charge on any atom is 0.348 e. The fourth-order valence-electron chi connectivity index (χ4n) is 2.55. The van der Waals surface area contributed by atoms with E-state index in [0.29, 0.717) is 16.8 Å². The van der Waals surface area contributed by atoms with E-state index < -0.39 is 5.97 Å². The summed E-state index contributed by atoms with van der Waals surface area (Å²) >= 11 is 0. The van der Waals surface area contributed by atoms with Gasteiger partial charge >= 0.3 is 5.97 Å². The molecule has 7 heteroatoms. The van der Waals surface area contributed by atoms with Crippen molar-refractivity contribution in [3.8, 4) is 17.3 Å². The highest BCUT2D eigenvalue weighted by Crippen LogP contribution is 2.24. The number of carbonyl (C=O) groups is 2. The molecule has 28 heavy (non-hydrogen) atoms. The topological polar surface area (TPSA) is 97.9 Å². The highest BCUT2D eigenvalue weighted by Gasteiger charge is 2.18. The Hall–Kier alpha value is -4.05. The lowest BCUT2D eigenvalue weighted by Crippen LogP contribution is -2.12. The molecule has 0 spiro atoms. The molecule has 0 aliphatic carbocycles. The van der Waals surface area contributed by atoms with Crippen LogP contribution >= 0.6 is 0 Å². The summed E-state index contributed by atoms with van der Waals surface area (Å²) in [6.45, 7) is 1.82. The number of esters is 1. The van der Waals surface area contributed by atoms with Gasteiger partial charge in [-0.2, -0.15) is 10.4 Å². The third-order valence-corrected chi connectivity index (χ3v) is 3.84. The van der Waals surface area contributed by atoms with Crippen LogP contribution in [-0.4, -0.2) is 33.2 Å². The van der Waals surface area contributed by atoms with E-state index in [1.165, 1.54) is 29.3 Å². The normalized spacial score (nSPS) is 10.9. The van der Waals surface area contributed by atoms with Gasteiger partial charge in [0.2, 0.25) is 0 Å². The summed E-state index contributed by atoms with van der Waals surface area (Å²) in [4.78, 5) is 28.6. The highest BCUT2D eigenvalue weighted by molar-refractivity contribution is 6.00. The van der Waals surface area contributed by atoms with E-state index in [1.807, 2.05) is 36.4 Å². The third kappa shape index (κ3) is 4.02. The Labute approximate surface area is 161 Å². The maximum atomic E-state index is 12.7. The van der Waals surface area contributed by atoms with E-state index in [0.717, 1.165) is 5.56 Å². The Bertz CT molecular complexity index is 1060. The monoisotopic (exact) mass is 372 g/mol. The number of hydrogen-bond donors (Lipinski definition) is 0. The predicted molar refractivity (Wildman–Crippen MR) is 102 cm³/mol. The van der Waals surface area contributed by atoms with Crippen molar-refractivity contribution in [2.75, 3.05) is 6.61 Å². The molecule has 2 aromatic heterocycles. The zero-order chi connectivity index (χ0) is 19.9. The number of benzene rings is 1. The van der Waals surface area contributed by atoms with E-state index in [2.05, 4.69) is 10.1 Å². The number of nitriles is 1. The average Bonchev–Trinajstić information content (AvgIpc) is 3.16. The summed E-state index contributed by atoms with van der Waals surface area (Å²) in [5.74, 6) is -1.08. The van der Waals surface area contributed by atoms with E-state index in [9.17, 15) is 14.9 Å². The predicted octanol–water partition coefficient (Wildman–Crippen LogP) is 3.10. The molecular weight excluding hydrogens is 356 g/mol. The van der Waals surface area contributed by atoms with Crippen LogP contribution < -0.4 is 0 Å². The van der Waals surface area contributed by atoms with Crippen molar-refractivity contribution >= 4 is 18.0 Å². The fraction of sp³-hybridized carbons (Fsp3) is 0.0952. The molecule has 0 aliphatic heterocycles. The van der Waals surface area contributed by atoms with Crippen LogP contribution in [0.5, 0.6) is 0 Å². The van der Waals surface area contributed by atoms with E-state index >= 15 is 0 Å². The smallest absolute Gasteiger partial charge is 0.348 e. The average molecular weight is 372 g/mol. The van der Waals surface area contributed by atoms with Crippen molar-refractivity contribution in [3.05, 3.63) is 77.8 Å². The van der Waals surface area contributed by atoms with Crippen LogP contribution in [0.2, 0.25) is 0 Å². The molecule has 7 nitrogen and oxygen atoms in total. The van der Waals surface area contributed by atoms with Crippen molar-refractivity contribution in [1.82, 2.24) is 14.8 Å². The Balaban J connectivity index is 2.10. The number of aromatic nitrogens is 3. The van der Waals surface area contributed by atoms with Gasteiger partial charge < -0.3 is 4.74 Å². The van der Waals surface area contributed by atoms with Crippen LogP contribution in [0.3, 0.4) is 0 Å². The Morgan fingerprint density at radius 1 is 1.18 bits per heavy atom. The standard InChI is InChI=1S/C21H16N4O3/c1-2-28-21(27)17(13-22)12-18-14-25(20(26)16-8-10-23-11-9-16)24-19(18)15-6-4-3-5-7-15/h3-12,14H,2H2,1H3/b17-12+. The zero-order valence-electron chi connectivity index (χ0n) is 15.1. The Morgan fingerprint density at radius 3 is 2.54 bits per heavy atom. The molecule has 138 valence electrons. The summed E-state index contributed by atoms with van der Waals surface area (Å²) in [5.41, 5.74) is 1.92. The minimum Gasteiger partial charge on any atom is -0.462 e. The van der Waals surface area contributed by atoms with E-state index in [1.54, 1.807) is 19.1 Å². The second kappa shape index (κ2) is 8.56. The van der Waals surface area contributed by atoms with Gasteiger partial charge in [0, 0.05) is 35.3 Å².